The van der Waals surface area contributed by atoms with E-state index in [2.05, 4.69) is 36.7 Å². The van der Waals surface area contributed by atoms with Crippen molar-refractivity contribution in [3.8, 4) is 0 Å². The van der Waals surface area contributed by atoms with E-state index in [1.807, 2.05) is 0 Å². The van der Waals surface area contributed by atoms with Gasteiger partial charge in [0.2, 0.25) is 0 Å². The van der Waals surface area contributed by atoms with Crippen molar-refractivity contribution in [1.82, 2.24) is 0 Å². The Labute approximate surface area is 85.8 Å². The molecule has 0 amide bonds. The first-order valence-corrected chi connectivity index (χ1v) is 6.31. The molecule has 5 heteroatoms. The fourth-order valence-corrected chi connectivity index (χ4v) is 0.576. The van der Waals surface area contributed by atoms with Crippen LogP contribution in [0.15, 0.2) is 24.3 Å². The van der Waals surface area contributed by atoms with Gasteiger partial charge >= 0.3 is 36.8 Å². The van der Waals surface area contributed by atoms with Crippen molar-refractivity contribution in [3.63, 3.8) is 0 Å². The topological polar surface area (TPSA) is 0 Å². The molecular weight excluding hydrogens is 327 g/mol. The molecule has 1 aromatic carbocycles. The van der Waals surface area contributed by atoms with Gasteiger partial charge in [0.15, 0.2) is 0 Å². The van der Waals surface area contributed by atoms with Crippen LogP contribution in [0.3, 0.4) is 0 Å². The van der Waals surface area contributed by atoms with Gasteiger partial charge in [0, 0.05) is 0 Å². The van der Waals surface area contributed by atoms with E-state index >= 15 is 0 Å². The molecule has 0 bridgehead atoms. The Bertz CT molecular complexity index is 210. The van der Waals surface area contributed by atoms with E-state index in [9.17, 15) is 13.2 Å². The predicted octanol–water partition coefficient (Wildman–Crippen LogP) is 3.35. The number of halogens is 4. The summed E-state index contributed by atoms with van der Waals surface area (Å²) in [4.78, 5) is 0. The summed E-state index contributed by atoms with van der Waals surface area (Å²) >= 11 is 5.35. The Balaban J connectivity index is 0.000000561. The molecule has 0 radical (unpaired) electrons. The molecule has 0 fully saturated rings. The zero-order valence-corrected chi connectivity index (χ0v) is 8.78. The molecule has 0 nitrogen and oxygen atoms in total. The van der Waals surface area contributed by atoms with Crippen LogP contribution in [0, 0.1) is 6.07 Å². The Kier molecular flexibility index (Phi) is 5.81. The van der Waals surface area contributed by atoms with Crippen LogP contribution < -0.4 is 0 Å². The summed E-state index contributed by atoms with van der Waals surface area (Å²) in [5.41, 5.74) is -0.633. The van der Waals surface area contributed by atoms with Gasteiger partial charge in [-0.05, 0) is 0 Å². The van der Waals surface area contributed by atoms with Crippen molar-refractivity contribution >= 4 is 13.4 Å². The van der Waals surface area contributed by atoms with E-state index in [1.165, 1.54) is 12.1 Å². The summed E-state index contributed by atoms with van der Waals surface area (Å²) in [6, 6.07) is 6.95. The summed E-state index contributed by atoms with van der Waals surface area (Å²) in [5, 5.41) is 0. The summed E-state index contributed by atoms with van der Waals surface area (Å²) < 4.78 is 35.3. The molecule has 1 rings (SSSR count). The van der Waals surface area contributed by atoms with Crippen LogP contribution in [-0.2, 0) is 23.4 Å². The average Bonchev–Trinajstić information content (AvgIpc) is 2.08. The van der Waals surface area contributed by atoms with Gasteiger partial charge in [0.1, 0.15) is 0 Å². The zero-order chi connectivity index (χ0) is 9.61. The van der Waals surface area contributed by atoms with Crippen LogP contribution in [0.25, 0.3) is 0 Å². The second kappa shape index (κ2) is 5.74. The van der Waals surface area contributed by atoms with Gasteiger partial charge in [-0.15, -0.1) is 0 Å². The second-order valence-electron chi connectivity index (χ2n) is 1.79. The quantitative estimate of drug-likeness (QED) is 0.505. The van der Waals surface area contributed by atoms with Gasteiger partial charge in [-0.2, -0.15) is 43.5 Å². The molecule has 0 atom stereocenters. The maximum absolute atomic E-state index is 11.8. The van der Waals surface area contributed by atoms with Crippen LogP contribution in [0.4, 0.5) is 13.2 Å². The first-order valence-electron chi connectivity index (χ1n) is 2.76. The Hall–Kier alpha value is 0.152. The average molecular weight is 331 g/mol. The van der Waals surface area contributed by atoms with E-state index in [1.54, 1.807) is 0 Å². The van der Waals surface area contributed by atoms with Crippen molar-refractivity contribution in [2.45, 2.75) is 6.18 Å². The number of benzene rings is 1. The maximum atomic E-state index is 11.8. The minimum absolute atomic E-state index is 0.633. The van der Waals surface area contributed by atoms with E-state index < -0.39 is 11.7 Å². The van der Waals surface area contributed by atoms with Crippen LogP contribution in [0.1, 0.15) is 5.56 Å². The SMILES string of the molecule is FC(F)(F)c1cc[c-]cc1.[Br][Pd+]. The summed E-state index contributed by atoms with van der Waals surface area (Å²) in [7, 11) is 0. The first-order chi connectivity index (χ1) is 5.61. The van der Waals surface area contributed by atoms with Gasteiger partial charge in [-0.25, -0.2) is 0 Å². The second-order valence-corrected chi connectivity index (χ2v) is 1.79. The van der Waals surface area contributed by atoms with Crippen molar-refractivity contribution in [2.24, 2.45) is 0 Å². The minimum atomic E-state index is -4.23. The summed E-state index contributed by atoms with van der Waals surface area (Å²) in [5.74, 6) is 0. The summed E-state index contributed by atoms with van der Waals surface area (Å²) in [6.07, 6.45) is -4.23. The Morgan fingerprint density at radius 2 is 1.58 bits per heavy atom. The molecule has 0 spiro atoms. The molecule has 1 aromatic rings. The normalized spacial score (nSPS) is 10.2. The molecule has 70 valence electrons. The zero-order valence-electron chi connectivity index (χ0n) is 5.64. The van der Waals surface area contributed by atoms with Crippen molar-refractivity contribution < 1.29 is 30.4 Å². The monoisotopic (exact) mass is 330 g/mol. The molecule has 0 unspecified atom stereocenters. The Morgan fingerprint density at radius 3 is 1.83 bits per heavy atom. The third-order valence-corrected chi connectivity index (χ3v) is 1.05. The Morgan fingerprint density at radius 1 is 1.17 bits per heavy atom. The number of hydrogen-bond donors (Lipinski definition) is 0. The van der Waals surface area contributed by atoms with Crippen LogP contribution in [0.5, 0.6) is 0 Å². The van der Waals surface area contributed by atoms with E-state index in [4.69, 9.17) is 0 Å². The number of hydrogen-bond acceptors (Lipinski definition) is 0. The molecule has 0 aliphatic carbocycles. The van der Waals surface area contributed by atoms with Crippen molar-refractivity contribution in [3.05, 3.63) is 35.9 Å². The van der Waals surface area contributed by atoms with Crippen molar-refractivity contribution in [2.75, 3.05) is 0 Å². The molecular formula is C7H4BrF3Pd. The van der Waals surface area contributed by atoms with Gasteiger partial charge in [-0.1, -0.05) is 5.56 Å². The summed E-state index contributed by atoms with van der Waals surface area (Å²) in [6.45, 7) is 0. The van der Waals surface area contributed by atoms with Gasteiger partial charge in [0.05, 0.1) is 0 Å². The molecule has 0 aliphatic heterocycles. The third-order valence-electron chi connectivity index (χ3n) is 1.05. The van der Waals surface area contributed by atoms with E-state index in [0.717, 1.165) is 12.1 Å². The number of rotatable bonds is 0. The molecule has 0 aromatic heterocycles. The van der Waals surface area contributed by atoms with Crippen LogP contribution >= 0.6 is 13.4 Å². The van der Waals surface area contributed by atoms with Crippen LogP contribution in [0.2, 0.25) is 0 Å². The van der Waals surface area contributed by atoms with Crippen LogP contribution in [-0.4, -0.2) is 0 Å². The van der Waals surface area contributed by atoms with Gasteiger partial charge < -0.3 is 0 Å². The molecule has 12 heavy (non-hydrogen) atoms. The van der Waals surface area contributed by atoms with Crippen molar-refractivity contribution in [1.29, 1.82) is 0 Å². The first kappa shape index (κ1) is 12.2. The third kappa shape index (κ3) is 4.25. The fourth-order valence-electron chi connectivity index (χ4n) is 0.576. The van der Waals surface area contributed by atoms with Gasteiger partial charge in [-0.3, -0.25) is 0 Å². The number of alkyl halides is 3. The molecule has 0 saturated carbocycles. The standard InChI is InChI=1S/C7H4F3.BrH.Pd/c8-7(9,10)6-4-2-1-3-5-6;;/h2-5H;1H;/q-1;;+2/p-1. The molecule has 0 aliphatic rings. The van der Waals surface area contributed by atoms with E-state index in [-0.39, 0.29) is 0 Å². The molecule has 0 N–H and O–H groups in total. The molecule has 0 heterocycles. The molecule has 0 saturated heterocycles. The van der Waals surface area contributed by atoms with E-state index in [0.29, 0.717) is 0 Å². The fraction of sp³-hybridized carbons (Fsp3) is 0.143. The predicted molar refractivity (Wildman–Crippen MR) is 39.2 cm³/mol. The van der Waals surface area contributed by atoms with Gasteiger partial charge in [0.25, 0.3) is 0 Å².